The molecule has 31 heavy (non-hydrogen) atoms. The number of fused-ring (bicyclic) bond motifs is 1. The van der Waals surface area contributed by atoms with E-state index >= 15 is 0 Å². The molecule has 0 aliphatic heterocycles. The normalized spacial score (nSPS) is 11.6. The molecule has 0 aliphatic rings. The highest BCUT2D eigenvalue weighted by atomic mass is 32.1. The van der Waals surface area contributed by atoms with E-state index in [9.17, 15) is 9.59 Å². The monoisotopic (exact) mass is 437 g/mol. The van der Waals surface area contributed by atoms with Gasteiger partial charge in [0.05, 0.1) is 18.2 Å². The van der Waals surface area contributed by atoms with E-state index in [1.807, 2.05) is 31.2 Å². The predicted octanol–water partition coefficient (Wildman–Crippen LogP) is 2.70. The lowest BCUT2D eigenvalue weighted by atomic mass is 10.2. The number of hydrogen-bond donors (Lipinski definition) is 0. The number of nitrogens with zero attached hydrogens (tertiary/aromatic N) is 3. The Morgan fingerprint density at radius 1 is 1.16 bits per heavy atom. The first kappa shape index (κ1) is 20.5. The van der Waals surface area contributed by atoms with Crippen LogP contribution in [0.1, 0.15) is 19.4 Å². The van der Waals surface area contributed by atoms with Gasteiger partial charge < -0.3 is 14.2 Å². The minimum Gasteiger partial charge on any atom is -0.494 e. The van der Waals surface area contributed by atoms with Gasteiger partial charge in [0, 0.05) is 12.5 Å². The molecular weight excluding hydrogens is 418 g/mol. The van der Waals surface area contributed by atoms with E-state index in [-0.39, 0.29) is 5.56 Å². The molecule has 0 atom stereocenters. The Bertz CT molecular complexity index is 1360. The van der Waals surface area contributed by atoms with Gasteiger partial charge in [-0.05, 0) is 55.0 Å². The predicted molar refractivity (Wildman–Crippen MR) is 117 cm³/mol. The van der Waals surface area contributed by atoms with Crippen molar-refractivity contribution in [3.05, 3.63) is 62.9 Å². The number of carbonyl (C=O) groups is 1. The maximum atomic E-state index is 12.8. The number of benzene rings is 2. The summed E-state index contributed by atoms with van der Waals surface area (Å²) in [6.07, 6.45) is 1.72. The number of aromatic nitrogens is 3. The van der Waals surface area contributed by atoms with Crippen molar-refractivity contribution in [3.63, 3.8) is 0 Å². The van der Waals surface area contributed by atoms with E-state index in [0.717, 1.165) is 16.9 Å². The zero-order valence-corrected chi connectivity index (χ0v) is 17.9. The van der Waals surface area contributed by atoms with Crippen molar-refractivity contribution in [3.8, 4) is 28.6 Å². The summed E-state index contributed by atoms with van der Waals surface area (Å²) in [6.45, 7) is 3.84. The molecule has 0 radical (unpaired) electrons. The largest absolute Gasteiger partial charge is 0.494 e. The van der Waals surface area contributed by atoms with E-state index in [0.29, 0.717) is 33.4 Å². The standard InChI is InChI=1S/C22H19N3O5S/c1-4-29-16-8-6-15(7-9-16)20-23-22-25(24-20)21(27)19(31-22)12-14-5-10-17(30-13(2)26)18(11-14)28-3/h5-12H,4H2,1-3H3/b19-12+. The summed E-state index contributed by atoms with van der Waals surface area (Å²) in [5, 5.41) is 4.36. The second-order valence-corrected chi connectivity index (χ2v) is 7.52. The van der Waals surface area contributed by atoms with Gasteiger partial charge in [0.2, 0.25) is 4.96 Å². The molecule has 0 amide bonds. The van der Waals surface area contributed by atoms with Crippen LogP contribution in [0.15, 0.2) is 47.3 Å². The molecule has 0 aliphatic carbocycles. The summed E-state index contributed by atoms with van der Waals surface area (Å²) < 4.78 is 17.6. The molecular formula is C22H19N3O5S. The third-order valence-corrected chi connectivity index (χ3v) is 5.30. The van der Waals surface area contributed by atoms with Gasteiger partial charge in [-0.15, -0.1) is 5.10 Å². The van der Waals surface area contributed by atoms with E-state index in [1.54, 1.807) is 24.3 Å². The topological polar surface area (TPSA) is 92.0 Å². The highest BCUT2D eigenvalue weighted by molar-refractivity contribution is 7.15. The van der Waals surface area contributed by atoms with E-state index in [1.165, 1.54) is 29.9 Å². The average Bonchev–Trinajstić information content (AvgIpc) is 3.29. The van der Waals surface area contributed by atoms with Crippen LogP contribution in [0, 0.1) is 0 Å². The van der Waals surface area contributed by atoms with Crippen LogP contribution in [0.5, 0.6) is 17.2 Å². The third kappa shape index (κ3) is 4.26. The fraction of sp³-hybridized carbons (Fsp3) is 0.182. The van der Waals surface area contributed by atoms with Gasteiger partial charge in [-0.1, -0.05) is 17.4 Å². The maximum absolute atomic E-state index is 12.8. The molecule has 4 rings (SSSR count). The molecule has 158 valence electrons. The van der Waals surface area contributed by atoms with Crippen LogP contribution in [0.25, 0.3) is 22.4 Å². The average molecular weight is 437 g/mol. The molecule has 8 nitrogen and oxygen atoms in total. The second kappa shape index (κ2) is 8.57. The maximum Gasteiger partial charge on any atom is 0.308 e. The first-order chi connectivity index (χ1) is 15.0. The van der Waals surface area contributed by atoms with Gasteiger partial charge in [0.1, 0.15) is 5.75 Å². The fourth-order valence-electron chi connectivity index (χ4n) is 2.99. The number of thiazole rings is 1. The number of carbonyl (C=O) groups excluding carboxylic acids is 1. The number of ether oxygens (including phenoxy) is 3. The van der Waals surface area contributed by atoms with Gasteiger partial charge in [-0.3, -0.25) is 9.59 Å². The molecule has 4 aromatic rings. The number of rotatable bonds is 6. The Labute approximate surface area is 181 Å². The van der Waals surface area contributed by atoms with Gasteiger partial charge >= 0.3 is 5.97 Å². The van der Waals surface area contributed by atoms with Crippen molar-refractivity contribution in [1.82, 2.24) is 14.6 Å². The molecule has 2 aromatic heterocycles. The molecule has 0 spiro atoms. The molecule has 2 aromatic carbocycles. The van der Waals surface area contributed by atoms with Crippen LogP contribution < -0.4 is 24.3 Å². The van der Waals surface area contributed by atoms with Crippen molar-refractivity contribution < 1.29 is 19.0 Å². The Morgan fingerprint density at radius 3 is 2.58 bits per heavy atom. The molecule has 2 heterocycles. The molecule has 0 fully saturated rings. The minimum atomic E-state index is -0.439. The molecule has 0 saturated heterocycles. The molecule has 0 bridgehead atoms. The van der Waals surface area contributed by atoms with E-state index in [4.69, 9.17) is 14.2 Å². The zero-order chi connectivity index (χ0) is 22.0. The number of hydrogen-bond acceptors (Lipinski definition) is 8. The van der Waals surface area contributed by atoms with Crippen molar-refractivity contribution in [2.24, 2.45) is 0 Å². The molecule has 9 heteroatoms. The third-order valence-electron chi connectivity index (χ3n) is 4.34. The Kier molecular flexibility index (Phi) is 5.68. The van der Waals surface area contributed by atoms with Gasteiger partial charge in [-0.25, -0.2) is 0 Å². The lowest BCUT2D eigenvalue weighted by Gasteiger charge is -2.08. The van der Waals surface area contributed by atoms with Crippen molar-refractivity contribution in [2.75, 3.05) is 13.7 Å². The smallest absolute Gasteiger partial charge is 0.308 e. The van der Waals surface area contributed by atoms with Crippen LogP contribution in [0.4, 0.5) is 0 Å². The molecule has 0 unspecified atom stereocenters. The second-order valence-electron chi connectivity index (χ2n) is 6.51. The van der Waals surface area contributed by atoms with Crippen molar-refractivity contribution >= 4 is 28.3 Å². The van der Waals surface area contributed by atoms with Crippen molar-refractivity contribution in [2.45, 2.75) is 13.8 Å². The van der Waals surface area contributed by atoms with Crippen LogP contribution in [0.3, 0.4) is 0 Å². The van der Waals surface area contributed by atoms with E-state index in [2.05, 4.69) is 10.1 Å². The quantitative estimate of drug-likeness (QED) is 0.338. The highest BCUT2D eigenvalue weighted by Crippen LogP contribution is 2.28. The summed E-state index contributed by atoms with van der Waals surface area (Å²) in [5.74, 6) is 1.52. The first-order valence-corrected chi connectivity index (χ1v) is 10.3. The summed E-state index contributed by atoms with van der Waals surface area (Å²) in [4.78, 5) is 29.0. The zero-order valence-electron chi connectivity index (χ0n) is 17.1. The minimum absolute atomic E-state index is 0.257. The molecule has 0 N–H and O–H groups in total. The van der Waals surface area contributed by atoms with Gasteiger partial charge in [0.15, 0.2) is 17.3 Å². The Balaban J connectivity index is 1.67. The molecule has 0 saturated carbocycles. The first-order valence-electron chi connectivity index (χ1n) is 9.49. The SMILES string of the molecule is CCOc1ccc(-c2nc3s/c(=C/c4ccc(OC(C)=O)c(OC)c4)c(=O)n3n2)cc1. The Hall–Kier alpha value is -3.72. The highest BCUT2D eigenvalue weighted by Gasteiger charge is 2.13. The van der Waals surface area contributed by atoms with Crippen LogP contribution in [0.2, 0.25) is 0 Å². The van der Waals surface area contributed by atoms with Crippen molar-refractivity contribution in [1.29, 1.82) is 0 Å². The van der Waals surface area contributed by atoms with Crippen LogP contribution in [-0.2, 0) is 4.79 Å². The van der Waals surface area contributed by atoms with Crippen LogP contribution >= 0.6 is 11.3 Å². The number of methoxy groups -OCH3 is 1. The fourth-order valence-corrected chi connectivity index (χ4v) is 3.90. The number of esters is 1. The van der Waals surface area contributed by atoms with Gasteiger partial charge in [-0.2, -0.15) is 9.50 Å². The Morgan fingerprint density at radius 2 is 1.94 bits per heavy atom. The lowest BCUT2D eigenvalue weighted by molar-refractivity contribution is -0.132. The van der Waals surface area contributed by atoms with Crippen LogP contribution in [-0.4, -0.2) is 34.3 Å². The van der Waals surface area contributed by atoms with Gasteiger partial charge in [0.25, 0.3) is 5.56 Å². The van der Waals surface area contributed by atoms with E-state index < -0.39 is 5.97 Å². The summed E-state index contributed by atoms with van der Waals surface area (Å²) >= 11 is 1.24. The summed E-state index contributed by atoms with van der Waals surface area (Å²) in [5.41, 5.74) is 1.27. The summed E-state index contributed by atoms with van der Waals surface area (Å²) in [6, 6.07) is 12.5. The summed E-state index contributed by atoms with van der Waals surface area (Å²) in [7, 11) is 1.48. The lowest BCUT2D eigenvalue weighted by Crippen LogP contribution is -2.23.